The van der Waals surface area contributed by atoms with Crippen molar-refractivity contribution in [2.45, 2.75) is 38.3 Å². The van der Waals surface area contributed by atoms with Crippen molar-refractivity contribution in [2.75, 3.05) is 26.3 Å². The third-order valence-corrected chi connectivity index (χ3v) is 5.19. The van der Waals surface area contributed by atoms with Gasteiger partial charge in [-0.05, 0) is 50.4 Å². The van der Waals surface area contributed by atoms with Crippen LogP contribution in [0.4, 0.5) is 0 Å². The first-order chi connectivity index (χ1) is 11.2. The molecule has 0 aromatic heterocycles. The van der Waals surface area contributed by atoms with E-state index in [0.29, 0.717) is 6.61 Å². The van der Waals surface area contributed by atoms with Crippen molar-refractivity contribution >= 4 is 17.5 Å². The largest absolute Gasteiger partial charge is 0.379 e. The first kappa shape index (κ1) is 16.7. The smallest absolute Gasteiger partial charge is 0.223 e. The van der Waals surface area contributed by atoms with Crippen LogP contribution in [-0.4, -0.2) is 43.2 Å². The Balaban J connectivity index is 1.44. The summed E-state index contributed by atoms with van der Waals surface area (Å²) in [7, 11) is 0. The molecule has 1 atom stereocenters. The zero-order chi connectivity index (χ0) is 16.1. The van der Waals surface area contributed by atoms with Gasteiger partial charge in [-0.25, -0.2) is 0 Å². The Hall–Kier alpha value is -1.10. The summed E-state index contributed by atoms with van der Waals surface area (Å²) in [5.41, 5.74) is 1.16. The van der Waals surface area contributed by atoms with Gasteiger partial charge in [0.1, 0.15) is 0 Å². The van der Waals surface area contributed by atoms with Crippen LogP contribution in [-0.2, 0) is 16.1 Å². The Kier molecular flexibility index (Phi) is 5.92. The average Bonchev–Trinajstić information content (AvgIpc) is 2.58. The van der Waals surface area contributed by atoms with E-state index in [1.54, 1.807) is 0 Å². The molecule has 2 aliphatic rings. The molecule has 126 valence electrons. The molecule has 1 unspecified atom stereocenters. The number of ether oxygens (including phenoxy) is 1. The van der Waals surface area contributed by atoms with Crippen molar-refractivity contribution in [3.05, 3.63) is 34.9 Å². The molecule has 2 heterocycles. The van der Waals surface area contributed by atoms with Gasteiger partial charge in [-0.2, -0.15) is 0 Å². The van der Waals surface area contributed by atoms with Gasteiger partial charge in [0.2, 0.25) is 5.91 Å². The zero-order valence-electron chi connectivity index (χ0n) is 13.5. The summed E-state index contributed by atoms with van der Waals surface area (Å²) in [6.45, 7) is 4.25. The standard InChI is InChI=1S/C18H25ClN2O2/c19-17-6-2-1-4-15(17)12-21-9-7-14(8-10-21)18(22)20-16-5-3-11-23-13-16/h1-2,4,6,14,16H,3,5,7-13H2,(H,20,22). The Labute approximate surface area is 143 Å². The summed E-state index contributed by atoms with van der Waals surface area (Å²) in [6.07, 6.45) is 3.92. The van der Waals surface area contributed by atoms with Crippen molar-refractivity contribution in [3.8, 4) is 0 Å². The first-order valence-electron chi connectivity index (χ1n) is 8.56. The number of nitrogens with zero attached hydrogens (tertiary/aromatic N) is 1. The van der Waals surface area contributed by atoms with Crippen molar-refractivity contribution < 1.29 is 9.53 Å². The lowest BCUT2D eigenvalue weighted by molar-refractivity contribution is -0.128. The van der Waals surface area contributed by atoms with E-state index in [1.807, 2.05) is 18.2 Å². The summed E-state index contributed by atoms with van der Waals surface area (Å²) >= 11 is 6.23. The number of amides is 1. The fourth-order valence-corrected chi connectivity index (χ4v) is 3.59. The van der Waals surface area contributed by atoms with Crippen molar-refractivity contribution in [2.24, 2.45) is 5.92 Å². The molecule has 2 aliphatic heterocycles. The van der Waals surface area contributed by atoms with Crippen LogP contribution in [0.1, 0.15) is 31.2 Å². The van der Waals surface area contributed by atoms with E-state index in [-0.39, 0.29) is 17.9 Å². The zero-order valence-corrected chi connectivity index (χ0v) is 14.2. The van der Waals surface area contributed by atoms with Crippen LogP contribution in [0.3, 0.4) is 0 Å². The molecule has 5 heteroatoms. The number of carbonyl (C=O) groups excluding carboxylic acids is 1. The fraction of sp³-hybridized carbons (Fsp3) is 0.611. The maximum atomic E-state index is 12.4. The molecule has 0 radical (unpaired) electrons. The van der Waals surface area contributed by atoms with Gasteiger partial charge < -0.3 is 10.1 Å². The monoisotopic (exact) mass is 336 g/mol. The minimum Gasteiger partial charge on any atom is -0.379 e. The summed E-state index contributed by atoms with van der Waals surface area (Å²) in [5.74, 6) is 0.345. The molecule has 0 aliphatic carbocycles. The lowest BCUT2D eigenvalue weighted by Crippen LogP contribution is -2.46. The molecular weight excluding hydrogens is 312 g/mol. The maximum absolute atomic E-state index is 12.4. The van der Waals surface area contributed by atoms with Crippen LogP contribution in [0, 0.1) is 5.92 Å². The molecule has 3 rings (SSSR count). The highest BCUT2D eigenvalue weighted by atomic mass is 35.5. The number of halogens is 1. The number of hydrogen-bond donors (Lipinski definition) is 1. The molecule has 2 fully saturated rings. The summed E-state index contributed by atoms with van der Waals surface area (Å²) in [5, 5.41) is 3.98. The van der Waals surface area contributed by atoms with Crippen LogP contribution in [0.5, 0.6) is 0 Å². The van der Waals surface area contributed by atoms with Gasteiger partial charge in [-0.3, -0.25) is 9.69 Å². The van der Waals surface area contributed by atoms with Gasteiger partial charge >= 0.3 is 0 Å². The van der Waals surface area contributed by atoms with E-state index in [0.717, 1.165) is 62.5 Å². The molecule has 1 amide bonds. The van der Waals surface area contributed by atoms with Crippen LogP contribution in [0.15, 0.2) is 24.3 Å². The second-order valence-corrected chi connectivity index (χ2v) is 6.97. The fourth-order valence-electron chi connectivity index (χ4n) is 3.39. The van der Waals surface area contributed by atoms with E-state index in [2.05, 4.69) is 16.3 Å². The van der Waals surface area contributed by atoms with Crippen LogP contribution in [0.25, 0.3) is 0 Å². The van der Waals surface area contributed by atoms with Gasteiger partial charge in [0.15, 0.2) is 0 Å². The molecule has 0 bridgehead atoms. The second-order valence-electron chi connectivity index (χ2n) is 6.56. The number of likely N-dealkylation sites (tertiary alicyclic amines) is 1. The van der Waals surface area contributed by atoms with E-state index < -0.39 is 0 Å². The van der Waals surface area contributed by atoms with Crippen LogP contribution >= 0.6 is 11.6 Å². The Morgan fingerprint density at radius 1 is 1.26 bits per heavy atom. The molecule has 0 spiro atoms. The summed E-state index contributed by atoms with van der Waals surface area (Å²) in [4.78, 5) is 14.8. The maximum Gasteiger partial charge on any atom is 0.223 e. The number of rotatable bonds is 4. The minimum atomic E-state index is 0.138. The lowest BCUT2D eigenvalue weighted by atomic mass is 9.95. The van der Waals surface area contributed by atoms with E-state index in [4.69, 9.17) is 16.3 Å². The highest BCUT2D eigenvalue weighted by molar-refractivity contribution is 6.31. The lowest BCUT2D eigenvalue weighted by Gasteiger charge is -2.32. The van der Waals surface area contributed by atoms with Crippen LogP contribution < -0.4 is 5.32 Å². The first-order valence-corrected chi connectivity index (χ1v) is 8.94. The molecule has 1 aromatic rings. The number of benzene rings is 1. The third kappa shape index (κ3) is 4.69. The number of carbonyl (C=O) groups is 1. The molecule has 23 heavy (non-hydrogen) atoms. The molecule has 1 aromatic carbocycles. The summed E-state index contributed by atoms with van der Waals surface area (Å²) < 4.78 is 5.43. The van der Waals surface area contributed by atoms with Gasteiger partial charge in [0.05, 0.1) is 12.6 Å². The van der Waals surface area contributed by atoms with Crippen LogP contribution in [0.2, 0.25) is 5.02 Å². The van der Waals surface area contributed by atoms with Crippen molar-refractivity contribution in [1.29, 1.82) is 0 Å². The van der Waals surface area contributed by atoms with Crippen molar-refractivity contribution in [1.82, 2.24) is 10.2 Å². The highest BCUT2D eigenvalue weighted by Crippen LogP contribution is 2.22. The molecule has 1 N–H and O–H groups in total. The van der Waals surface area contributed by atoms with Crippen molar-refractivity contribution in [3.63, 3.8) is 0 Å². The number of piperidine rings is 1. The van der Waals surface area contributed by atoms with Gasteiger partial charge in [-0.15, -0.1) is 0 Å². The minimum absolute atomic E-state index is 0.138. The van der Waals surface area contributed by atoms with Gasteiger partial charge in [-0.1, -0.05) is 29.8 Å². The molecule has 0 saturated carbocycles. The predicted molar refractivity (Wildman–Crippen MR) is 91.4 cm³/mol. The molecule has 2 saturated heterocycles. The quantitative estimate of drug-likeness (QED) is 0.919. The van der Waals surface area contributed by atoms with E-state index in [9.17, 15) is 4.79 Å². The van der Waals surface area contributed by atoms with E-state index >= 15 is 0 Å². The Morgan fingerprint density at radius 3 is 2.74 bits per heavy atom. The van der Waals surface area contributed by atoms with Gasteiger partial charge in [0.25, 0.3) is 0 Å². The van der Waals surface area contributed by atoms with Gasteiger partial charge in [0, 0.05) is 24.1 Å². The molecule has 4 nitrogen and oxygen atoms in total. The number of hydrogen-bond acceptors (Lipinski definition) is 3. The SMILES string of the molecule is O=C(NC1CCCOC1)C1CCN(Cc2ccccc2Cl)CC1. The van der Waals surface area contributed by atoms with E-state index in [1.165, 1.54) is 0 Å². The normalized spacial score (nSPS) is 23.6. The second kappa shape index (κ2) is 8.13. The Bertz CT molecular complexity index is 524. The highest BCUT2D eigenvalue weighted by Gasteiger charge is 2.27. The topological polar surface area (TPSA) is 41.6 Å². The summed E-state index contributed by atoms with van der Waals surface area (Å²) in [6, 6.07) is 8.19. The predicted octanol–water partition coefficient (Wildman–Crippen LogP) is 2.85. The number of nitrogens with one attached hydrogen (secondary N) is 1. The third-order valence-electron chi connectivity index (χ3n) is 4.82. The Morgan fingerprint density at radius 2 is 2.04 bits per heavy atom. The molecular formula is C18H25ClN2O2. The average molecular weight is 337 g/mol.